The first-order chi connectivity index (χ1) is 32.6. The first kappa shape index (κ1) is 46.0. The Morgan fingerprint density at radius 2 is 1.01 bits per heavy atom. The van der Waals surface area contributed by atoms with E-state index in [0.29, 0.717) is 0 Å². The molecule has 6 aliphatic rings. The Morgan fingerprint density at radius 3 is 1.67 bits per heavy atom. The number of fused-ring (bicyclic) bond motifs is 11. The van der Waals surface area contributed by atoms with Crippen LogP contribution >= 0.6 is 0 Å². The number of hydrogen-bond donors (Lipinski definition) is 0. The van der Waals surface area contributed by atoms with Crippen molar-refractivity contribution in [3.63, 3.8) is 0 Å². The van der Waals surface area contributed by atoms with Crippen LogP contribution in [-0.2, 0) is 37.9 Å². The van der Waals surface area contributed by atoms with Crippen LogP contribution in [0.25, 0.3) is 33.4 Å². The van der Waals surface area contributed by atoms with Gasteiger partial charge in [0, 0.05) is 44.3 Å². The van der Waals surface area contributed by atoms with Gasteiger partial charge in [-0.3, -0.25) is 0 Å². The summed E-state index contributed by atoms with van der Waals surface area (Å²) >= 11 is 0. The van der Waals surface area contributed by atoms with E-state index in [9.17, 15) is 0 Å². The molecule has 6 aromatic rings. The highest BCUT2D eigenvalue weighted by atomic mass is 15.3. The summed E-state index contributed by atoms with van der Waals surface area (Å²) in [6.45, 7) is 42.0. The molecule has 0 aromatic heterocycles. The number of rotatable bonds is 2. The van der Waals surface area contributed by atoms with Gasteiger partial charge in [-0.25, -0.2) is 0 Å². The minimum Gasteiger partial charge on any atom is -0.353 e. The summed E-state index contributed by atoms with van der Waals surface area (Å²) in [5.41, 5.74) is 28.4. The standard InChI is InChI=1S/C68H80N2/c1-61(2,3)41-25-26-55(44(31-41)40-23-19-18-20-24-40)69-56-38-46-45-36-52-53(65(12,13)30-29-64(52,10)11)39-51(45)66(14,15)50(46)37-49(56)60-58-47(32-43(35-57(58)69)63(7,8)9)48-33-42(62(4,5)6)34-54-59(48)70(60)68(17)28-22-21-27-67(54,68)16/h18-20,23-26,31-39,60H,21-22,27-30H2,1-17H3. The predicted octanol–water partition coefficient (Wildman–Crippen LogP) is 18.9. The molecule has 70 heavy (non-hydrogen) atoms. The topological polar surface area (TPSA) is 6.48 Å². The van der Waals surface area contributed by atoms with E-state index in [2.05, 4.69) is 225 Å². The molecular weight excluding hydrogens is 845 g/mol. The van der Waals surface area contributed by atoms with E-state index in [1.54, 1.807) is 16.7 Å². The zero-order valence-corrected chi connectivity index (χ0v) is 46.0. The fourth-order valence-corrected chi connectivity index (χ4v) is 14.8. The second-order valence-corrected chi connectivity index (χ2v) is 28.4. The molecule has 3 atom stereocenters. The molecule has 0 saturated heterocycles. The van der Waals surface area contributed by atoms with Gasteiger partial charge in [0.15, 0.2) is 0 Å². The average molecular weight is 925 g/mol. The third-order valence-corrected chi connectivity index (χ3v) is 19.7. The lowest BCUT2D eigenvalue weighted by atomic mass is 9.61. The summed E-state index contributed by atoms with van der Waals surface area (Å²) in [7, 11) is 0. The maximum atomic E-state index is 3.05. The van der Waals surface area contributed by atoms with Gasteiger partial charge in [-0.1, -0.05) is 178 Å². The quantitative estimate of drug-likeness (QED) is 0.171. The summed E-state index contributed by atoms with van der Waals surface area (Å²) in [6, 6.07) is 40.1. The molecule has 0 radical (unpaired) electrons. The molecule has 6 aromatic carbocycles. The normalized spacial score (nSPS) is 24.0. The van der Waals surface area contributed by atoms with E-state index in [1.165, 1.54) is 134 Å². The van der Waals surface area contributed by atoms with Crippen molar-refractivity contribution in [1.29, 1.82) is 0 Å². The SMILES string of the molecule is CC(C)(C)c1ccc(N2c3cc4c(cc3C3c5c(cc(C(C)(C)C)cc52)-c2cc(C(C)(C)C)cc5c2N3C2(C)CCCCC52C)C(C)(C)c2cc3c(cc2-4)C(C)(C)CCC3(C)C)c(-c2ccccc2)c1. The Labute approximate surface area is 422 Å². The van der Waals surface area contributed by atoms with Gasteiger partial charge in [0.05, 0.1) is 23.1 Å². The van der Waals surface area contributed by atoms with Gasteiger partial charge >= 0.3 is 0 Å². The van der Waals surface area contributed by atoms with Crippen molar-refractivity contribution in [2.24, 2.45) is 0 Å². The molecule has 1 fully saturated rings. The maximum Gasteiger partial charge on any atom is 0.0849 e. The third-order valence-electron chi connectivity index (χ3n) is 19.7. The van der Waals surface area contributed by atoms with Crippen molar-refractivity contribution in [3.8, 4) is 33.4 Å². The highest BCUT2D eigenvalue weighted by Crippen LogP contribution is 2.70. The van der Waals surface area contributed by atoms with Crippen LogP contribution in [0.2, 0.25) is 0 Å². The highest BCUT2D eigenvalue weighted by Gasteiger charge is 2.62. The van der Waals surface area contributed by atoms with E-state index >= 15 is 0 Å². The molecule has 2 nitrogen and oxygen atoms in total. The molecule has 362 valence electrons. The van der Waals surface area contributed by atoms with Crippen LogP contribution in [0.15, 0.2) is 97.1 Å². The van der Waals surface area contributed by atoms with Crippen molar-refractivity contribution in [1.82, 2.24) is 0 Å². The zero-order valence-electron chi connectivity index (χ0n) is 46.0. The van der Waals surface area contributed by atoms with Crippen molar-refractivity contribution in [2.75, 3.05) is 9.80 Å². The highest BCUT2D eigenvalue weighted by molar-refractivity contribution is 6.02. The Balaban J connectivity index is 1.25. The van der Waals surface area contributed by atoms with Gasteiger partial charge in [-0.15, -0.1) is 0 Å². The van der Waals surface area contributed by atoms with Gasteiger partial charge in [-0.05, 0) is 169 Å². The van der Waals surface area contributed by atoms with Gasteiger partial charge < -0.3 is 9.80 Å². The van der Waals surface area contributed by atoms with E-state index in [-0.39, 0.29) is 49.5 Å². The largest absolute Gasteiger partial charge is 0.353 e. The van der Waals surface area contributed by atoms with Crippen LogP contribution in [0, 0.1) is 0 Å². The van der Waals surface area contributed by atoms with E-state index in [0.717, 1.165) is 0 Å². The van der Waals surface area contributed by atoms with Crippen LogP contribution in [0.5, 0.6) is 0 Å². The first-order valence-corrected chi connectivity index (χ1v) is 27.1. The fourth-order valence-electron chi connectivity index (χ4n) is 14.8. The van der Waals surface area contributed by atoms with Crippen LogP contribution in [0.1, 0.15) is 218 Å². The van der Waals surface area contributed by atoms with E-state index < -0.39 is 0 Å². The average Bonchev–Trinajstić information content (AvgIpc) is 3.64. The molecule has 3 aliphatic carbocycles. The maximum absolute atomic E-state index is 3.05. The molecule has 0 bridgehead atoms. The first-order valence-electron chi connectivity index (χ1n) is 27.1. The lowest BCUT2D eigenvalue weighted by Crippen LogP contribution is -2.58. The van der Waals surface area contributed by atoms with Crippen LogP contribution < -0.4 is 9.80 Å². The molecule has 0 spiro atoms. The summed E-state index contributed by atoms with van der Waals surface area (Å²) in [5.74, 6) is 0. The molecule has 0 amide bonds. The number of hydrogen-bond acceptors (Lipinski definition) is 2. The van der Waals surface area contributed by atoms with Gasteiger partial charge in [0.2, 0.25) is 0 Å². The van der Waals surface area contributed by atoms with Crippen molar-refractivity contribution in [3.05, 3.63) is 153 Å². The molecule has 2 heteroatoms. The molecule has 3 aliphatic heterocycles. The summed E-state index contributed by atoms with van der Waals surface area (Å²) in [6.07, 6.45) is 7.36. The lowest BCUT2D eigenvalue weighted by Gasteiger charge is -2.56. The second-order valence-electron chi connectivity index (χ2n) is 28.4. The molecule has 0 N–H and O–H groups in total. The Kier molecular flexibility index (Phi) is 9.28. The monoisotopic (exact) mass is 925 g/mol. The van der Waals surface area contributed by atoms with Gasteiger partial charge in [0.1, 0.15) is 0 Å². The molecular formula is C68H80N2. The Bertz CT molecular complexity index is 3230. The van der Waals surface area contributed by atoms with Crippen molar-refractivity contribution in [2.45, 2.75) is 206 Å². The minimum absolute atomic E-state index is 0.00172. The van der Waals surface area contributed by atoms with Crippen molar-refractivity contribution < 1.29 is 0 Å². The predicted molar refractivity (Wildman–Crippen MR) is 299 cm³/mol. The van der Waals surface area contributed by atoms with Crippen LogP contribution in [0.3, 0.4) is 0 Å². The van der Waals surface area contributed by atoms with Crippen LogP contribution in [-0.4, -0.2) is 5.54 Å². The summed E-state index contributed by atoms with van der Waals surface area (Å²) < 4.78 is 0. The smallest absolute Gasteiger partial charge is 0.0849 e. The fraction of sp³-hybridized carbons (Fsp3) is 0.471. The number of nitrogens with zero attached hydrogens (tertiary/aromatic N) is 2. The number of anilines is 4. The second kappa shape index (κ2) is 14.1. The van der Waals surface area contributed by atoms with E-state index in [1.807, 2.05) is 0 Å². The van der Waals surface area contributed by atoms with E-state index in [4.69, 9.17) is 0 Å². The molecule has 3 unspecified atom stereocenters. The summed E-state index contributed by atoms with van der Waals surface area (Å²) in [4.78, 5) is 5.82. The van der Waals surface area contributed by atoms with Crippen LogP contribution in [0.4, 0.5) is 22.7 Å². The summed E-state index contributed by atoms with van der Waals surface area (Å²) in [5, 5.41) is 0. The molecule has 1 saturated carbocycles. The Hall–Kier alpha value is -5.08. The van der Waals surface area contributed by atoms with Gasteiger partial charge in [-0.2, -0.15) is 0 Å². The zero-order chi connectivity index (χ0) is 49.8. The third kappa shape index (κ3) is 6.10. The number of benzene rings is 6. The Morgan fingerprint density at radius 1 is 0.443 bits per heavy atom. The van der Waals surface area contributed by atoms with Gasteiger partial charge in [0.25, 0.3) is 0 Å². The molecule has 12 rings (SSSR count). The lowest BCUT2D eigenvalue weighted by molar-refractivity contribution is 0.177. The minimum atomic E-state index is -0.173. The van der Waals surface area contributed by atoms with Crippen molar-refractivity contribution >= 4 is 22.7 Å². The molecule has 3 heterocycles.